The van der Waals surface area contributed by atoms with Crippen molar-refractivity contribution in [3.05, 3.63) is 0 Å². The van der Waals surface area contributed by atoms with Gasteiger partial charge in [0.15, 0.2) is 0 Å². The number of rotatable bonds is 2. The predicted octanol–water partition coefficient (Wildman–Crippen LogP) is -0.470. The van der Waals surface area contributed by atoms with Crippen LogP contribution in [-0.4, -0.2) is 46.7 Å². The lowest BCUT2D eigenvalue weighted by Gasteiger charge is -2.49. The number of carbonyl (C=O) groups excluding carboxylic acids is 2. The first-order valence-corrected chi connectivity index (χ1v) is 5.08. The summed E-state index contributed by atoms with van der Waals surface area (Å²) in [6.07, 6.45) is -1.15. The molecule has 0 aromatic heterocycles. The van der Waals surface area contributed by atoms with Gasteiger partial charge in [0.1, 0.15) is 6.10 Å². The molecule has 0 saturated carbocycles. The molecule has 0 aliphatic carbocycles. The van der Waals surface area contributed by atoms with E-state index in [9.17, 15) is 14.7 Å². The molecule has 0 spiro atoms. The zero-order chi connectivity index (χ0) is 11.4. The van der Waals surface area contributed by atoms with Crippen LogP contribution in [0.3, 0.4) is 0 Å². The van der Waals surface area contributed by atoms with E-state index in [2.05, 4.69) is 0 Å². The van der Waals surface area contributed by atoms with Gasteiger partial charge in [-0.3, -0.25) is 4.79 Å². The second kappa shape index (κ2) is 2.95. The highest BCUT2D eigenvalue weighted by atomic mass is 16.6. The van der Waals surface area contributed by atoms with E-state index in [0.29, 0.717) is 0 Å². The molecule has 2 heterocycles. The summed E-state index contributed by atoms with van der Waals surface area (Å²) in [5.74, 6) is -0.721. The van der Waals surface area contributed by atoms with Crippen molar-refractivity contribution in [3.63, 3.8) is 0 Å². The fraction of sp³-hybridized carbons (Fsp3) is 0.800. The molecule has 0 radical (unpaired) electrons. The Balaban J connectivity index is 2.38. The molecule has 3 atom stereocenters. The summed E-state index contributed by atoms with van der Waals surface area (Å²) in [4.78, 5) is 24.4. The van der Waals surface area contributed by atoms with E-state index < -0.39 is 23.7 Å². The van der Waals surface area contributed by atoms with Crippen molar-refractivity contribution in [1.82, 2.24) is 4.90 Å². The van der Waals surface area contributed by atoms with Gasteiger partial charge in [0.05, 0.1) is 12.5 Å². The Morgan fingerprint density at radius 2 is 2.13 bits per heavy atom. The van der Waals surface area contributed by atoms with Crippen molar-refractivity contribution in [3.8, 4) is 0 Å². The molecular formula is C10H15NO4. The Labute approximate surface area is 88.0 Å². The Bertz CT molecular complexity index is 327. The minimum atomic E-state index is -1.12. The molecule has 0 bridgehead atoms. The monoisotopic (exact) mass is 213 g/mol. The van der Waals surface area contributed by atoms with Crippen LogP contribution < -0.4 is 0 Å². The van der Waals surface area contributed by atoms with Gasteiger partial charge in [-0.25, -0.2) is 4.79 Å². The summed E-state index contributed by atoms with van der Waals surface area (Å²) in [6.45, 7) is 3.64. The number of aliphatic hydroxyl groups excluding tert-OH is 1. The highest BCUT2D eigenvalue weighted by Crippen LogP contribution is 2.45. The minimum absolute atomic E-state index is 0.0892. The normalized spacial score (nSPS) is 36.3. The highest BCUT2D eigenvalue weighted by Gasteiger charge is 2.71. The van der Waals surface area contributed by atoms with Crippen molar-refractivity contribution in [2.45, 2.75) is 38.0 Å². The standard InChI is InChI=1S/C10H15NO4/c1-5(2)8(13)10-6(15-9(10)14)4-7(12)11(10)3/h5-6,8,13H,4H2,1-3H3/t6-,8-,10-/m0/s1. The molecule has 2 rings (SSSR count). The molecule has 5 heteroatoms. The first kappa shape index (κ1) is 10.4. The number of likely N-dealkylation sites (N-methyl/N-ethyl adjacent to an activating group) is 1. The molecule has 5 nitrogen and oxygen atoms in total. The Morgan fingerprint density at radius 3 is 2.53 bits per heavy atom. The second-order valence-electron chi connectivity index (χ2n) is 4.57. The van der Waals surface area contributed by atoms with Gasteiger partial charge in [-0.15, -0.1) is 0 Å². The molecular weight excluding hydrogens is 198 g/mol. The molecule has 0 aromatic rings. The lowest BCUT2D eigenvalue weighted by Crippen LogP contribution is -2.73. The van der Waals surface area contributed by atoms with Gasteiger partial charge < -0.3 is 14.7 Å². The summed E-state index contributed by atoms with van der Waals surface area (Å²) in [5.41, 5.74) is -1.12. The average Bonchev–Trinajstić information content (AvgIpc) is 2.34. The smallest absolute Gasteiger partial charge is 0.339 e. The zero-order valence-corrected chi connectivity index (χ0v) is 9.06. The van der Waals surface area contributed by atoms with Crippen LogP contribution >= 0.6 is 0 Å². The maximum absolute atomic E-state index is 11.6. The average molecular weight is 213 g/mol. The van der Waals surface area contributed by atoms with Crippen LogP contribution in [-0.2, 0) is 14.3 Å². The third-order valence-electron chi connectivity index (χ3n) is 3.44. The lowest BCUT2D eigenvalue weighted by atomic mass is 9.77. The van der Waals surface area contributed by atoms with E-state index in [-0.39, 0.29) is 18.2 Å². The van der Waals surface area contributed by atoms with Crippen LogP contribution in [0.5, 0.6) is 0 Å². The maximum atomic E-state index is 11.6. The van der Waals surface area contributed by atoms with E-state index in [0.717, 1.165) is 0 Å². The number of hydrogen-bond acceptors (Lipinski definition) is 4. The number of esters is 1. The van der Waals surface area contributed by atoms with E-state index >= 15 is 0 Å². The van der Waals surface area contributed by atoms with E-state index in [1.54, 1.807) is 7.05 Å². The first-order valence-electron chi connectivity index (χ1n) is 5.08. The van der Waals surface area contributed by atoms with Gasteiger partial charge in [-0.1, -0.05) is 13.8 Å². The van der Waals surface area contributed by atoms with Crippen LogP contribution in [0.1, 0.15) is 20.3 Å². The van der Waals surface area contributed by atoms with Gasteiger partial charge in [-0.05, 0) is 5.92 Å². The number of amides is 1. The van der Waals surface area contributed by atoms with Gasteiger partial charge in [0.2, 0.25) is 11.4 Å². The quantitative estimate of drug-likeness (QED) is 0.630. The van der Waals surface area contributed by atoms with Crippen LogP contribution in [0, 0.1) is 5.92 Å². The van der Waals surface area contributed by atoms with E-state index in [1.165, 1.54) is 4.90 Å². The van der Waals surface area contributed by atoms with Crippen molar-refractivity contribution >= 4 is 11.9 Å². The number of carbonyl (C=O) groups is 2. The number of hydrogen-bond donors (Lipinski definition) is 1. The lowest BCUT2D eigenvalue weighted by molar-refractivity contribution is -0.217. The van der Waals surface area contributed by atoms with Gasteiger partial charge in [0.25, 0.3) is 0 Å². The fourth-order valence-corrected chi connectivity index (χ4v) is 2.46. The summed E-state index contributed by atoms with van der Waals surface area (Å²) >= 11 is 0. The molecule has 2 saturated heterocycles. The molecule has 2 fully saturated rings. The first-order chi connectivity index (χ1) is 6.92. The van der Waals surface area contributed by atoms with Crippen LogP contribution in [0.2, 0.25) is 0 Å². The van der Waals surface area contributed by atoms with Crippen LogP contribution in [0.15, 0.2) is 0 Å². The molecule has 15 heavy (non-hydrogen) atoms. The maximum Gasteiger partial charge on any atom is 0.339 e. The highest BCUT2D eigenvalue weighted by molar-refractivity contribution is 5.98. The van der Waals surface area contributed by atoms with Gasteiger partial charge in [-0.2, -0.15) is 0 Å². The fourth-order valence-electron chi connectivity index (χ4n) is 2.46. The Morgan fingerprint density at radius 1 is 1.53 bits per heavy atom. The van der Waals surface area contributed by atoms with Crippen molar-refractivity contribution in [2.75, 3.05) is 7.05 Å². The molecule has 2 aliphatic heterocycles. The van der Waals surface area contributed by atoms with Crippen molar-refractivity contribution < 1.29 is 19.4 Å². The summed E-state index contributed by atoms with van der Waals surface area (Å²) in [5, 5.41) is 10.1. The molecule has 1 amide bonds. The third kappa shape index (κ3) is 1.01. The minimum Gasteiger partial charge on any atom is -0.457 e. The van der Waals surface area contributed by atoms with Crippen LogP contribution in [0.25, 0.3) is 0 Å². The topological polar surface area (TPSA) is 66.8 Å². The number of fused-ring (bicyclic) bond motifs is 1. The van der Waals surface area contributed by atoms with Crippen molar-refractivity contribution in [1.29, 1.82) is 0 Å². The van der Waals surface area contributed by atoms with Gasteiger partial charge in [0, 0.05) is 7.05 Å². The van der Waals surface area contributed by atoms with Crippen molar-refractivity contribution in [2.24, 2.45) is 5.92 Å². The summed E-state index contributed by atoms with van der Waals surface area (Å²) in [6, 6.07) is 0. The number of nitrogens with zero attached hydrogens (tertiary/aromatic N) is 1. The molecule has 84 valence electrons. The second-order valence-corrected chi connectivity index (χ2v) is 4.57. The Hall–Kier alpha value is -1.10. The SMILES string of the molecule is CC(C)[C@H](O)[C@]12C(=O)O[C@H]1CC(=O)N2C. The number of ether oxygens (including phenoxy) is 1. The summed E-state index contributed by atoms with van der Waals surface area (Å²) in [7, 11) is 1.55. The summed E-state index contributed by atoms with van der Waals surface area (Å²) < 4.78 is 4.92. The van der Waals surface area contributed by atoms with Crippen LogP contribution in [0.4, 0.5) is 0 Å². The zero-order valence-electron chi connectivity index (χ0n) is 9.06. The molecule has 2 aliphatic rings. The molecule has 1 N–H and O–H groups in total. The Kier molecular flexibility index (Phi) is 2.05. The van der Waals surface area contributed by atoms with Gasteiger partial charge >= 0.3 is 5.97 Å². The third-order valence-corrected chi connectivity index (χ3v) is 3.44. The molecule has 0 unspecified atom stereocenters. The number of likely N-dealkylation sites (tertiary alicyclic amines) is 1. The van der Waals surface area contributed by atoms with E-state index in [4.69, 9.17) is 4.74 Å². The van der Waals surface area contributed by atoms with E-state index in [1.807, 2.05) is 13.8 Å². The largest absolute Gasteiger partial charge is 0.457 e. The predicted molar refractivity (Wildman–Crippen MR) is 50.8 cm³/mol. The molecule has 0 aromatic carbocycles. The number of aliphatic hydroxyl groups is 1.